The van der Waals surface area contributed by atoms with E-state index in [2.05, 4.69) is 15.0 Å². The minimum atomic E-state index is -1.47. The number of aliphatic hydroxyl groups is 3. The van der Waals surface area contributed by atoms with Gasteiger partial charge in [0.1, 0.15) is 18.3 Å². The molecule has 2 aromatic heterocycles. The predicted molar refractivity (Wildman–Crippen MR) is 68.4 cm³/mol. The van der Waals surface area contributed by atoms with Gasteiger partial charge < -0.3 is 25.8 Å². The van der Waals surface area contributed by atoms with Crippen molar-refractivity contribution < 1.29 is 20.1 Å². The van der Waals surface area contributed by atoms with Gasteiger partial charge in [0.2, 0.25) is 5.95 Å². The average molecular weight is 299 g/mol. The Balaban J connectivity index is 2.20. The SMILES string of the molecule is Nc1nc2c([nH]c(=O)n2[C@@H]2O[C@@H](CO)[C@@H](O)[C@H]2O)c(=O)[nH]1. The van der Waals surface area contributed by atoms with Crippen LogP contribution in [0.4, 0.5) is 5.95 Å². The fourth-order valence-electron chi connectivity index (χ4n) is 2.36. The van der Waals surface area contributed by atoms with E-state index in [-0.39, 0.29) is 17.1 Å². The summed E-state index contributed by atoms with van der Waals surface area (Å²) in [5.41, 5.74) is 3.77. The highest BCUT2D eigenvalue weighted by molar-refractivity contribution is 5.70. The highest BCUT2D eigenvalue weighted by Crippen LogP contribution is 2.29. The summed E-state index contributed by atoms with van der Waals surface area (Å²) in [5, 5.41) is 28.7. The number of rotatable bonds is 2. The molecular weight excluding hydrogens is 286 g/mol. The molecule has 0 unspecified atom stereocenters. The maximum absolute atomic E-state index is 12.0. The van der Waals surface area contributed by atoms with Gasteiger partial charge in [-0.2, -0.15) is 4.98 Å². The smallest absolute Gasteiger partial charge is 0.330 e. The third kappa shape index (κ3) is 1.94. The lowest BCUT2D eigenvalue weighted by molar-refractivity contribution is -0.0524. The van der Waals surface area contributed by atoms with E-state index >= 15 is 0 Å². The van der Waals surface area contributed by atoms with Crippen LogP contribution in [0.25, 0.3) is 11.2 Å². The van der Waals surface area contributed by atoms with E-state index < -0.39 is 42.4 Å². The first-order valence-electron chi connectivity index (χ1n) is 6.06. The number of hydrogen-bond donors (Lipinski definition) is 6. The molecule has 11 heteroatoms. The quantitative estimate of drug-likeness (QED) is 0.332. The zero-order valence-corrected chi connectivity index (χ0v) is 10.6. The second-order valence-corrected chi connectivity index (χ2v) is 4.68. The number of H-pyrrole nitrogens is 2. The molecular formula is C10H13N5O6. The van der Waals surface area contributed by atoms with Crippen LogP contribution in [0.5, 0.6) is 0 Å². The Kier molecular flexibility index (Phi) is 3.06. The monoisotopic (exact) mass is 299 g/mol. The third-order valence-corrected chi connectivity index (χ3v) is 3.37. The number of nitrogens with one attached hydrogen (secondary N) is 2. The van der Waals surface area contributed by atoms with Crippen molar-refractivity contribution in [3.8, 4) is 0 Å². The highest BCUT2D eigenvalue weighted by atomic mass is 16.6. The maximum Gasteiger partial charge on any atom is 0.330 e. The number of nitrogen functional groups attached to an aromatic ring is 1. The predicted octanol–water partition coefficient (Wildman–Crippen LogP) is -3.39. The van der Waals surface area contributed by atoms with Gasteiger partial charge in [-0.05, 0) is 0 Å². The fraction of sp³-hybridized carbons (Fsp3) is 0.500. The van der Waals surface area contributed by atoms with Gasteiger partial charge in [0.05, 0.1) is 6.61 Å². The summed E-state index contributed by atoms with van der Waals surface area (Å²) in [6.07, 6.45) is -5.20. The molecule has 7 N–H and O–H groups in total. The molecule has 0 aliphatic carbocycles. The molecule has 1 aliphatic heterocycles. The Morgan fingerprint density at radius 1 is 1.29 bits per heavy atom. The normalized spacial score (nSPS) is 29.3. The van der Waals surface area contributed by atoms with Crippen molar-refractivity contribution in [3.63, 3.8) is 0 Å². The Hall–Kier alpha value is -2.21. The van der Waals surface area contributed by atoms with E-state index in [0.717, 1.165) is 4.57 Å². The van der Waals surface area contributed by atoms with Crippen molar-refractivity contribution in [2.75, 3.05) is 12.3 Å². The van der Waals surface area contributed by atoms with Crippen molar-refractivity contribution in [2.45, 2.75) is 24.5 Å². The van der Waals surface area contributed by atoms with E-state index in [0.29, 0.717) is 0 Å². The highest BCUT2D eigenvalue weighted by Gasteiger charge is 2.44. The Labute approximate surface area is 115 Å². The molecule has 0 aromatic carbocycles. The summed E-state index contributed by atoms with van der Waals surface area (Å²) in [6.45, 7) is -0.540. The number of hydrogen-bond acceptors (Lipinski definition) is 8. The van der Waals surface area contributed by atoms with Crippen LogP contribution in [0.1, 0.15) is 6.23 Å². The average Bonchev–Trinajstić information content (AvgIpc) is 2.89. The van der Waals surface area contributed by atoms with Gasteiger partial charge in [-0.3, -0.25) is 14.8 Å². The number of aromatic nitrogens is 4. The molecule has 0 amide bonds. The molecule has 21 heavy (non-hydrogen) atoms. The van der Waals surface area contributed by atoms with Crippen LogP contribution in [0.2, 0.25) is 0 Å². The molecule has 2 aromatic rings. The fourth-order valence-corrected chi connectivity index (χ4v) is 2.36. The molecule has 0 bridgehead atoms. The van der Waals surface area contributed by atoms with Crippen molar-refractivity contribution >= 4 is 17.1 Å². The maximum atomic E-state index is 12.0. The zero-order valence-electron chi connectivity index (χ0n) is 10.6. The Morgan fingerprint density at radius 2 is 2.00 bits per heavy atom. The molecule has 1 saturated heterocycles. The van der Waals surface area contributed by atoms with E-state index in [9.17, 15) is 19.8 Å². The first-order chi connectivity index (χ1) is 9.93. The minimum Gasteiger partial charge on any atom is -0.394 e. The number of nitrogens with two attached hydrogens (primary N) is 1. The second kappa shape index (κ2) is 4.66. The standard InChI is InChI=1S/C10H13N5O6/c11-9-13-6-3(7(19)14-9)12-10(20)15(6)8-5(18)4(17)2(1-16)21-8/h2,4-5,8,16-18H,1H2,(H,12,20)(H3,11,13,14,19)/t2-,4+,5+,8+/m0/s1. The molecule has 3 rings (SSSR count). The number of fused-ring (bicyclic) bond motifs is 1. The van der Waals surface area contributed by atoms with Crippen LogP contribution in [0.15, 0.2) is 9.59 Å². The number of nitrogens with zero attached hydrogens (tertiary/aromatic N) is 2. The Morgan fingerprint density at radius 3 is 2.62 bits per heavy atom. The van der Waals surface area contributed by atoms with E-state index in [1.165, 1.54) is 0 Å². The number of aromatic amines is 2. The van der Waals surface area contributed by atoms with Crippen molar-refractivity contribution in [2.24, 2.45) is 0 Å². The van der Waals surface area contributed by atoms with Gasteiger partial charge in [0, 0.05) is 0 Å². The van der Waals surface area contributed by atoms with Gasteiger partial charge in [0.25, 0.3) is 5.56 Å². The summed E-state index contributed by atoms with van der Waals surface area (Å²) in [5.74, 6) is -0.216. The second-order valence-electron chi connectivity index (χ2n) is 4.68. The zero-order chi connectivity index (χ0) is 15.3. The third-order valence-electron chi connectivity index (χ3n) is 3.37. The van der Waals surface area contributed by atoms with Gasteiger partial charge in [-0.15, -0.1) is 0 Å². The largest absolute Gasteiger partial charge is 0.394 e. The van der Waals surface area contributed by atoms with E-state index in [1.807, 2.05) is 0 Å². The van der Waals surface area contributed by atoms with Crippen LogP contribution in [0, 0.1) is 0 Å². The first-order valence-corrected chi connectivity index (χ1v) is 6.06. The van der Waals surface area contributed by atoms with Gasteiger partial charge in [0.15, 0.2) is 17.4 Å². The van der Waals surface area contributed by atoms with Crippen LogP contribution >= 0.6 is 0 Å². The lowest BCUT2D eigenvalue weighted by atomic mass is 10.1. The van der Waals surface area contributed by atoms with Crippen molar-refractivity contribution in [3.05, 3.63) is 20.8 Å². The summed E-state index contributed by atoms with van der Waals surface area (Å²) in [6, 6.07) is 0. The van der Waals surface area contributed by atoms with Crippen LogP contribution in [-0.2, 0) is 4.74 Å². The van der Waals surface area contributed by atoms with Crippen molar-refractivity contribution in [1.29, 1.82) is 0 Å². The lowest BCUT2D eigenvalue weighted by Gasteiger charge is -2.15. The van der Waals surface area contributed by atoms with Crippen LogP contribution in [0.3, 0.4) is 0 Å². The van der Waals surface area contributed by atoms with Crippen molar-refractivity contribution in [1.82, 2.24) is 19.5 Å². The molecule has 114 valence electrons. The molecule has 1 aliphatic rings. The number of anilines is 1. The minimum absolute atomic E-state index is 0.115. The Bertz CT molecular complexity index is 793. The molecule has 3 heterocycles. The lowest BCUT2D eigenvalue weighted by Crippen LogP contribution is -2.35. The molecule has 11 nitrogen and oxygen atoms in total. The van der Waals surface area contributed by atoms with Crippen LogP contribution < -0.4 is 17.0 Å². The molecule has 0 saturated carbocycles. The number of imidazole rings is 1. The number of ether oxygens (including phenoxy) is 1. The summed E-state index contributed by atoms with van der Waals surface area (Å²) in [4.78, 5) is 32.0. The summed E-state index contributed by atoms with van der Waals surface area (Å²) in [7, 11) is 0. The van der Waals surface area contributed by atoms with Gasteiger partial charge in [-0.1, -0.05) is 0 Å². The topological polar surface area (TPSA) is 179 Å². The van der Waals surface area contributed by atoms with Gasteiger partial charge in [-0.25, -0.2) is 9.36 Å². The van der Waals surface area contributed by atoms with E-state index in [4.69, 9.17) is 15.6 Å². The van der Waals surface area contributed by atoms with E-state index in [1.54, 1.807) is 0 Å². The van der Waals surface area contributed by atoms with Crippen LogP contribution in [-0.4, -0.2) is 59.8 Å². The summed E-state index contributed by atoms with van der Waals surface area (Å²) < 4.78 is 6.13. The molecule has 0 spiro atoms. The molecule has 1 fully saturated rings. The first kappa shape index (κ1) is 13.8. The number of aliphatic hydroxyl groups excluding tert-OH is 3. The summed E-state index contributed by atoms with van der Waals surface area (Å²) >= 11 is 0. The molecule has 0 radical (unpaired) electrons. The van der Waals surface area contributed by atoms with Gasteiger partial charge >= 0.3 is 5.69 Å². The molecule has 4 atom stereocenters.